The predicted molar refractivity (Wildman–Crippen MR) is 96.3 cm³/mol. The molecule has 25 heavy (non-hydrogen) atoms. The average molecular weight is 347 g/mol. The first kappa shape index (κ1) is 18.1. The highest BCUT2D eigenvalue weighted by Crippen LogP contribution is 2.45. The topological polar surface area (TPSA) is 48.0 Å². The molecule has 0 aromatic heterocycles. The maximum atomic E-state index is 13.4. The van der Waals surface area contributed by atoms with E-state index in [4.69, 9.17) is 14.2 Å². The number of likely N-dealkylation sites (N-methyl/N-ethyl adjacent to an activating group) is 1. The lowest BCUT2D eigenvalue weighted by Crippen LogP contribution is -2.45. The van der Waals surface area contributed by atoms with Crippen molar-refractivity contribution in [2.75, 3.05) is 41.0 Å². The SMILES string of the molecule is COc1ccc(C2(C(=O)N(C)CC3CCOC3)CCCC2)cc1OC. The Bertz CT molecular complexity index is 604. The van der Waals surface area contributed by atoms with E-state index in [1.807, 2.05) is 30.1 Å². The number of ether oxygens (including phenoxy) is 3. The van der Waals surface area contributed by atoms with Gasteiger partial charge in [0.15, 0.2) is 11.5 Å². The van der Waals surface area contributed by atoms with Gasteiger partial charge < -0.3 is 19.1 Å². The van der Waals surface area contributed by atoms with Crippen LogP contribution in [0.2, 0.25) is 0 Å². The molecule has 1 aromatic rings. The molecule has 2 aliphatic rings. The fourth-order valence-electron chi connectivity index (χ4n) is 4.30. The van der Waals surface area contributed by atoms with Gasteiger partial charge in [-0.1, -0.05) is 18.9 Å². The number of hydrogen-bond donors (Lipinski definition) is 0. The Labute approximate surface area is 150 Å². The van der Waals surface area contributed by atoms with Gasteiger partial charge in [-0.3, -0.25) is 4.79 Å². The summed E-state index contributed by atoms with van der Waals surface area (Å²) in [6.45, 7) is 2.35. The third-order valence-electron chi connectivity index (χ3n) is 5.71. The molecule has 0 N–H and O–H groups in total. The zero-order valence-corrected chi connectivity index (χ0v) is 15.5. The number of carbonyl (C=O) groups excluding carboxylic acids is 1. The predicted octanol–water partition coefficient (Wildman–Crippen LogP) is 3.01. The monoisotopic (exact) mass is 347 g/mol. The maximum Gasteiger partial charge on any atom is 0.232 e. The fourth-order valence-corrected chi connectivity index (χ4v) is 4.30. The van der Waals surface area contributed by atoms with Crippen molar-refractivity contribution in [2.24, 2.45) is 5.92 Å². The molecule has 2 fully saturated rings. The second-order valence-electron chi connectivity index (χ2n) is 7.27. The van der Waals surface area contributed by atoms with Crippen molar-refractivity contribution < 1.29 is 19.0 Å². The van der Waals surface area contributed by atoms with Crippen molar-refractivity contribution in [3.8, 4) is 11.5 Å². The van der Waals surface area contributed by atoms with Crippen LogP contribution < -0.4 is 9.47 Å². The van der Waals surface area contributed by atoms with Gasteiger partial charge in [0.1, 0.15) is 0 Å². The van der Waals surface area contributed by atoms with Crippen LogP contribution in [0.5, 0.6) is 11.5 Å². The van der Waals surface area contributed by atoms with Crippen LogP contribution in [0.1, 0.15) is 37.7 Å². The van der Waals surface area contributed by atoms with Crippen molar-refractivity contribution in [1.29, 1.82) is 0 Å². The second kappa shape index (κ2) is 7.65. The number of benzene rings is 1. The van der Waals surface area contributed by atoms with E-state index in [0.29, 0.717) is 17.4 Å². The summed E-state index contributed by atoms with van der Waals surface area (Å²) in [4.78, 5) is 15.3. The number of methoxy groups -OCH3 is 2. The van der Waals surface area contributed by atoms with Crippen molar-refractivity contribution in [3.05, 3.63) is 23.8 Å². The molecule has 138 valence electrons. The molecule has 0 bridgehead atoms. The molecule has 1 saturated heterocycles. The van der Waals surface area contributed by atoms with Crippen molar-refractivity contribution in [2.45, 2.75) is 37.5 Å². The highest BCUT2D eigenvalue weighted by molar-refractivity contribution is 5.88. The first-order valence-electron chi connectivity index (χ1n) is 9.16. The Balaban J connectivity index is 1.86. The van der Waals surface area contributed by atoms with Gasteiger partial charge in [0.2, 0.25) is 5.91 Å². The van der Waals surface area contributed by atoms with Crippen LogP contribution in [-0.2, 0) is 14.9 Å². The van der Waals surface area contributed by atoms with E-state index in [1.54, 1.807) is 14.2 Å². The van der Waals surface area contributed by atoms with Crippen molar-refractivity contribution in [3.63, 3.8) is 0 Å². The standard InChI is InChI=1S/C20H29NO4/c1-21(13-15-8-11-25-14-15)19(22)20(9-4-5-10-20)16-6-7-17(23-2)18(12-16)24-3/h6-7,12,15H,4-5,8-11,13-14H2,1-3H3. The molecule has 1 heterocycles. The van der Waals surface area contributed by atoms with Gasteiger partial charge in [0.05, 0.1) is 26.2 Å². The summed E-state index contributed by atoms with van der Waals surface area (Å²) in [5.41, 5.74) is 0.607. The summed E-state index contributed by atoms with van der Waals surface area (Å²) in [5, 5.41) is 0. The number of nitrogens with zero attached hydrogens (tertiary/aromatic N) is 1. The normalized spacial score (nSPS) is 22.0. The Morgan fingerprint density at radius 3 is 2.56 bits per heavy atom. The summed E-state index contributed by atoms with van der Waals surface area (Å²) in [6.07, 6.45) is 5.00. The first-order valence-corrected chi connectivity index (χ1v) is 9.16. The minimum Gasteiger partial charge on any atom is -0.493 e. The third-order valence-corrected chi connectivity index (χ3v) is 5.71. The quantitative estimate of drug-likeness (QED) is 0.794. The number of amides is 1. The van der Waals surface area contributed by atoms with Gasteiger partial charge in [-0.15, -0.1) is 0 Å². The van der Waals surface area contributed by atoms with Gasteiger partial charge in [-0.25, -0.2) is 0 Å². The molecule has 5 heteroatoms. The average Bonchev–Trinajstić information content (AvgIpc) is 3.32. The lowest BCUT2D eigenvalue weighted by Gasteiger charge is -2.34. The first-order chi connectivity index (χ1) is 12.1. The van der Waals surface area contributed by atoms with E-state index < -0.39 is 5.41 Å². The Kier molecular flexibility index (Phi) is 5.52. The van der Waals surface area contributed by atoms with Crippen molar-refractivity contribution in [1.82, 2.24) is 4.90 Å². The van der Waals surface area contributed by atoms with E-state index in [-0.39, 0.29) is 5.91 Å². The van der Waals surface area contributed by atoms with Crippen LogP contribution in [0.25, 0.3) is 0 Å². The fraction of sp³-hybridized carbons (Fsp3) is 0.650. The molecule has 1 atom stereocenters. The Morgan fingerprint density at radius 1 is 1.24 bits per heavy atom. The summed E-state index contributed by atoms with van der Waals surface area (Å²) in [6, 6.07) is 5.91. The van der Waals surface area contributed by atoms with Gasteiger partial charge in [-0.2, -0.15) is 0 Å². The molecule has 1 aromatic carbocycles. The third kappa shape index (κ3) is 3.47. The summed E-state index contributed by atoms with van der Waals surface area (Å²) in [5.74, 6) is 2.07. The lowest BCUT2D eigenvalue weighted by atomic mass is 9.77. The van der Waals surface area contributed by atoms with Gasteiger partial charge in [0, 0.05) is 26.1 Å². The number of hydrogen-bond acceptors (Lipinski definition) is 4. The van der Waals surface area contributed by atoms with E-state index in [1.165, 1.54) is 0 Å². The Morgan fingerprint density at radius 2 is 1.96 bits per heavy atom. The van der Waals surface area contributed by atoms with Crippen molar-refractivity contribution >= 4 is 5.91 Å². The highest BCUT2D eigenvalue weighted by Gasteiger charge is 2.45. The van der Waals surface area contributed by atoms with Crippen LogP contribution in [0.4, 0.5) is 0 Å². The lowest BCUT2D eigenvalue weighted by molar-refractivity contribution is -0.136. The zero-order valence-electron chi connectivity index (χ0n) is 15.5. The molecule has 3 rings (SSSR count). The number of carbonyl (C=O) groups is 1. The van der Waals surface area contributed by atoms with E-state index in [9.17, 15) is 4.79 Å². The van der Waals surface area contributed by atoms with Crippen LogP contribution >= 0.6 is 0 Å². The van der Waals surface area contributed by atoms with Gasteiger partial charge in [-0.05, 0) is 37.0 Å². The van der Waals surface area contributed by atoms with E-state index >= 15 is 0 Å². The smallest absolute Gasteiger partial charge is 0.232 e. The van der Waals surface area contributed by atoms with E-state index in [0.717, 1.165) is 57.4 Å². The number of rotatable bonds is 6. The molecular formula is C20H29NO4. The van der Waals surface area contributed by atoms with Crippen LogP contribution in [0.15, 0.2) is 18.2 Å². The van der Waals surface area contributed by atoms with Gasteiger partial charge in [0.25, 0.3) is 0 Å². The summed E-state index contributed by atoms with van der Waals surface area (Å²) >= 11 is 0. The maximum absolute atomic E-state index is 13.4. The van der Waals surface area contributed by atoms with Crippen LogP contribution in [-0.4, -0.2) is 51.8 Å². The zero-order chi connectivity index (χ0) is 17.9. The molecule has 5 nitrogen and oxygen atoms in total. The minimum atomic E-state index is -0.437. The molecule has 1 aliphatic heterocycles. The van der Waals surface area contributed by atoms with E-state index in [2.05, 4.69) is 0 Å². The largest absolute Gasteiger partial charge is 0.493 e. The minimum absolute atomic E-state index is 0.226. The highest BCUT2D eigenvalue weighted by atomic mass is 16.5. The van der Waals surface area contributed by atoms with Crippen LogP contribution in [0.3, 0.4) is 0 Å². The molecule has 1 saturated carbocycles. The second-order valence-corrected chi connectivity index (χ2v) is 7.27. The summed E-state index contributed by atoms with van der Waals surface area (Å²) < 4.78 is 16.3. The molecule has 1 unspecified atom stereocenters. The molecule has 1 amide bonds. The molecule has 0 spiro atoms. The molecule has 0 radical (unpaired) electrons. The molecular weight excluding hydrogens is 318 g/mol. The Hall–Kier alpha value is -1.75. The van der Waals surface area contributed by atoms with Gasteiger partial charge >= 0.3 is 0 Å². The summed E-state index contributed by atoms with van der Waals surface area (Å²) in [7, 11) is 5.20. The van der Waals surface area contributed by atoms with Crippen LogP contribution in [0, 0.1) is 5.92 Å². The molecule has 1 aliphatic carbocycles.